The Morgan fingerprint density at radius 2 is 1.95 bits per heavy atom. The summed E-state index contributed by atoms with van der Waals surface area (Å²) in [5, 5.41) is 0. The highest BCUT2D eigenvalue weighted by molar-refractivity contribution is 5.82. The summed E-state index contributed by atoms with van der Waals surface area (Å²) in [6.07, 6.45) is 3.79. The SMILES string of the molecule is CN1C2CCC1CN(C(=Nc1ccccc1)NN)CC2. The number of para-hydroxylation sites is 1. The number of nitrogens with two attached hydrogens (primary N) is 1. The third-order valence-electron chi connectivity index (χ3n) is 4.57. The number of rotatable bonds is 1. The number of benzene rings is 1. The molecule has 0 saturated carbocycles. The quantitative estimate of drug-likeness (QED) is 0.350. The van der Waals surface area contributed by atoms with Crippen molar-refractivity contribution >= 4 is 11.6 Å². The molecular weight excluding hydrogens is 250 g/mol. The van der Waals surface area contributed by atoms with Crippen molar-refractivity contribution < 1.29 is 0 Å². The largest absolute Gasteiger partial charge is 0.340 e. The second-order valence-electron chi connectivity index (χ2n) is 5.70. The summed E-state index contributed by atoms with van der Waals surface area (Å²) in [6.45, 7) is 2.02. The van der Waals surface area contributed by atoms with Gasteiger partial charge < -0.3 is 4.90 Å². The number of nitrogens with one attached hydrogen (secondary N) is 1. The minimum Gasteiger partial charge on any atom is -0.340 e. The van der Waals surface area contributed by atoms with Crippen molar-refractivity contribution in [1.29, 1.82) is 0 Å². The van der Waals surface area contributed by atoms with Crippen LogP contribution in [0.5, 0.6) is 0 Å². The van der Waals surface area contributed by atoms with E-state index in [1.807, 2.05) is 30.3 Å². The molecule has 2 bridgehead atoms. The zero-order valence-corrected chi connectivity index (χ0v) is 12.0. The number of likely N-dealkylation sites (N-methyl/N-ethyl adjacent to an activating group) is 1. The molecule has 3 rings (SSSR count). The lowest BCUT2D eigenvalue weighted by Crippen LogP contribution is -2.48. The monoisotopic (exact) mass is 273 g/mol. The van der Waals surface area contributed by atoms with E-state index in [1.54, 1.807) is 0 Å². The maximum atomic E-state index is 5.70. The molecule has 0 radical (unpaired) electrons. The zero-order valence-electron chi connectivity index (χ0n) is 12.0. The molecule has 0 amide bonds. The molecule has 5 heteroatoms. The van der Waals surface area contributed by atoms with Gasteiger partial charge in [0.25, 0.3) is 0 Å². The molecule has 108 valence electrons. The van der Waals surface area contributed by atoms with Gasteiger partial charge in [-0.1, -0.05) is 18.2 Å². The van der Waals surface area contributed by atoms with Gasteiger partial charge in [-0.2, -0.15) is 0 Å². The first-order valence-corrected chi connectivity index (χ1v) is 7.35. The van der Waals surface area contributed by atoms with Crippen LogP contribution in [0.2, 0.25) is 0 Å². The summed E-state index contributed by atoms with van der Waals surface area (Å²) >= 11 is 0. The maximum Gasteiger partial charge on any atom is 0.213 e. The predicted octanol–water partition coefficient (Wildman–Crippen LogP) is 1.31. The Bertz CT molecular complexity index is 472. The first-order chi connectivity index (χ1) is 9.78. The molecule has 2 unspecified atom stereocenters. The van der Waals surface area contributed by atoms with Crippen molar-refractivity contribution in [3.8, 4) is 0 Å². The van der Waals surface area contributed by atoms with Gasteiger partial charge in [-0.15, -0.1) is 0 Å². The Kier molecular flexibility index (Phi) is 3.89. The van der Waals surface area contributed by atoms with E-state index in [1.165, 1.54) is 19.3 Å². The van der Waals surface area contributed by atoms with Crippen LogP contribution < -0.4 is 11.3 Å². The molecule has 1 aromatic rings. The van der Waals surface area contributed by atoms with Gasteiger partial charge in [-0.05, 0) is 38.4 Å². The van der Waals surface area contributed by atoms with Crippen LogP contribution in [0.1, 0.15) is 19.3 Å². The molecule has 2 fully saturated rings. The average Bonchev–Trinajstić information content (AvgIpc) is 2.71. The van der Waals surface area contributed by atoms with Crippen LogP contribution in [0.4, 0.5) is 5.69 Å². The third kappa shape index (κ3) is 2.64. The number of aliphatic imine (C=N–C) groups is 1. The Balaban J connectivity index is 1.78. The fourth-order valence-electron chi connectivity index (χ4n) is 3.32. The van der Waals surface area contributed by atoms with Crippen molar-refractivity contribution in [3.63, 3.8) is 0 Å². The van der Waals surface area contributed by atoms with Gasteiger partial charge in [0.15, 0.2) is 0 Å². The number of nitrogens with zero attached hydrogens (tertiary/aromatic N) is 3. The van der Waals surface area contributed by atoms with Gasteiger partial charge >= 0.3 is 0 Å². The Morgan fingerprint density at radius 3 is 2.70 bits per heavy atom. The zero-order chi connectivity index (χ0) is 13.9. The number of likely N-dealkylation sites (tertiary alicyclic amines) is 1. The van der Waals surface area contributed by atoms with E-state index in [9.17, 15) is 0 Å². The van der Waals surface area contributed by atoms with Crippen molar-refractivity contribution in [3.05, 3.63) is 30.3 Å². The number of hydrogen-bond acceptors (Lipinski definition) is 3. The topological polar surface area (TPSA) is 56.9 Å². The highest BCUT2D eigenvalue weighted by Crippen LogP contribution is 2.28. The summed E-state index contributed by atoms with van der Waals surface area (Å²) in [6, 6.07) is 11.3. The molecule has 2 heterocycles. The van der Waals surface area contributed by atoms with Gasteiger partial charge in [0.1, 0.15) is 0 Å². The fourth-order valence-corrected chi connectivity index (χ4v) is 3.32. The van der Waals surface area contributed by atoms with Crippen LogP contribution >= 0.6 is 0 Å². The lowest BCUT2D eigenvalue weighted by Gasteiger charge is -2.27. The van der Waals surface area contributed by atoms with Crippen LogP contribution in [0, 0.1) is 0 Å². The minimum absolute atomic E-state index is 0.622. The molecule has 5 nitrogen and oxygen atoms in total. The molecule has 1 aromatic carbocycles. The molecule has 0 aromatic heterocycles. The minimum atomic E-state index is 0.622. The number of guanidine groups is 1. The van der Waals surface area contributed by atoms with Crippen LogP contribution in [0.25, 0.3) is 0 Å². The van der Waals surface area contributed by atoms with E-state index in [4.69, 9.17) is 5.84 Å². The Labute approximate surface area is 120 Å². The van der Waals surface area contributed by atoms with Gasteiger partial charge in [-0.25, -0.2) is 10.8 Å². The van der Waals surface area contributed by atoms with Crippen LogP contribution in [-0.2, 0) is 0 Å². The van der Waals surface area contributed by atoms with E-state index >= 15 is 0 Å². The smallest absolute Gasteiger partial charge is 0.213 e. The van der Waals surface area contributed by atoms with Gasteiger partial charge in [0.05, 0.1) is 5.69 Å². The first kappa shape index (κ1) is 13.4. The first-order valence-electron chi connectivity index (χ1n) is 7.35. The summed E-state index contributed by atoms with van der Waals surface area (Å²) < 4.78 is 0. The molecule has 0 aliphatic carbocycles. The van der Waals surface area contributed by atoms with E-state index in [0.29, 0.717) is 6.04 Å². The van der Waals surface area contributed by atoms with Crippen molar-refractivity contribution in [2.45, 2.75) is 31.3 Å². The Hall–Kier alpha value is -1.59. The summed E-state index contributed by atoms with van der Waals surface area (Å²) in [4.78, 5) is 9.45. The molecule has 2 aliphatic rings. The fraction of sp³-hybridized carbons (Fsp3) is 0.533. The van der Waals surface area contributed by atoms with Crippen molar-refractivity contribution in [2.24, 2.45) is 10.8 Å². The molecular formula is C15H23N5. The second-order valence-corrected chi connectivity index (χ2v) is 5.70. The normalized spacial score (nSPS) is 27.5. The van der Waals surface area contributed by atoms with Crippen LogP contribution in [0.15, 0.2) is 35.3 Å². The van der Waals surface area contributed by atoms with E-state index in [0.717, 1.165) is 30.8 Å². The molecule has 0 spiro atoms. The van der Waals surface area contributed by atoms with E-state index in [-0.39, 0.29) is 0 Å². The molecule has 2 aliphatic heterocycles. The van der Waals surface area contributed by atoms with Gasteiger partial charge in [-0.3, -0.25) is 10.3 Å². The number of fused-ring (bicyclic) bond motifs is 2. The standard InChI is InChI=1S/C15H23N5/c1-19-13-7-8-14(19)11-20(10-9-13)15(18-16)17-12-5-3-2-4-6-12/h2-6,13-14H,7-11,16H2,1H3,(H,17,18). The van der Waals surface area contributed by atoms with Crippen molar-refractivity contribution in [1.82, 2.24) is 15.2 Å². The van der Waals surface area contributed by atoms with Gasteiger partial charge in [0.2, 0.25) is 5.96 Å². The van der Waals surface area contributed by atoms with Crippen molar-refractivity contribution in [2.75, 3.05) is 20.1 Å². The average molecular weight is 273 g/mol. The maximum absolute atomic E-state index is 5.70. The van der Waals surface area contributed by atoms with Crippen LogP contribution in [0.3, 0.4) is 0 Å². The Morgan fingerprint density at radius 1 is 1.20 bits per heavy atom. The highest BCUT2D eigenvalue weighted by atomic mass is 15.4. The molecule has 2 atom stereocenters. The summed E-state index contributed by atoms with van der Waals surface area (Å²) in [5.41, 5.74) is 3.71. The third-order valence-corrected chi connectivity index (χ3v) is 4.57. The molecule has 2 saturated heterocycles. The molecule has 3 N–H and O–H groups in total. The highest BCUT2D eigenvalue weighted by Gasteiger charge is 2.35. The summed E-state index contributed by atoms with van der Waals surface area (Å²) in [7, 11) is 2.25. The van der Waals surface area contributed by atoms with E-state index < -0.39 is 0 Å². The van der Waals surface area contributed by atoms with Crippen LogP contribution in [-0.4, -0.2) is 48.0 Å². The van der Waals surface area contributed by atoms with E-state index in [2.05, 4.69) is 27.3 Å². The lowest BCUT2D eigenvalue weighted by molar-refractivity contribution is 0.245. The number of hydrogen-bond donors (Lipinski definition) is 2. The summed E-state index contributed by atoms with van der Waals surface area (Å²) in [5.74, 6) is 6.47. The lowest BCUT2D eigenvalue weighted by atomic mass is 10.1. The predicted molar refractivity (Wildman–Crippen MR) is 81.6 cm³/mol. The van der Waals surface area contributed by atoms with Gasteiger partial charge in [0, 0.05) is 25.2 Å². The molecule has 20 heavy (non-hydrogen) atoms. The number of hydrazine groups is 1. The second kappa shape index (κ2) is 5.81.